The van der Waals surface area contributed by atoms with E-state index in [2.05, 4.69) is 10.1 Å². The maximum Gasteiger partial charge on any atom is 0.350 e. The molecule has 1 amide bonds. The number of nitrogens with one attached hydrogen (secondary N) is 1. The second-order valence-electron chi connectivity index (χ2n) is 2.09. The molecule has 0 unspecified atom stereocenters. The highest BCUT2D eigenvalue weighted by Crippen LogP contribution is 1.94. The Morgan fingerprint density at radius 3 is 2.62 bits per heavy atom. The van der Waals surface area contributed by atoms with Crippen LogP contribution in [-0.2, 0) is 14.3 Å². The van der Waals surface area contributed by atoms with Gasteiger partial charge in [-0.3, -0.25) is 4.79 Å². The molecule has 0 aliphatic rings. The Labute approximate surface area is 76.0 Å². The zero-order chi connectivity index (χ0) is 10.3. The van der Waals surface area contributed by atoms with Gasteiger partial charge in [0, 0.05) is 13.1 Å². The molecule has 0 aromatic rings. The first-order chi connectivity index (χ1) is 6.11. The quantitative estimate of drug-likeness (QED) is 0.381. The molecule has 0 fully saturated rings. The van der Waals surface area contributed by atoms with E-state index in [1.807, 2.05) is 0 Å². The normalized spacial score (nSPS) is 10.1. The highest BCUT2D eigenvalue weighted by molar-refractivity contribution is 5.93. The molecular formula is C8H10N2O3. The van der Waals surface area contributed by atoms with E-state index in [4.69, 9.17) is 5.26 Å². The van der Waals surface area contributed by atoms with Crippen LogP contribution in [0.4, 0.5) is 0 Å². The van der Waals surface area contributed by atoms with Crippen LogP contribution in [0.1, 0.15) is 13.8 Å². The van der Waals surface area contributed by atoms with E-state index in [0.29, 0.717) is 0 Å². The number of rotatable bonds is 3. The summed E-state index contributed by atoms with van der Waals surface area (Å²) in [5.41, 5.74) is -0.225. The molecule has 0 aromatic carbocycles. The van der Waals surface area contributed by atoms with Gasteiger partial charge in [0.25, 0.3) is 0 Å². The summed E-state index contributed by atoms with van der Waals surface area (Å²) >= 11 is 0. The van der Waals surface area contributed by atoms with E-state index < -0.39 is 5.97 Å². The minimum Gasteiger partial charge on any atom is -0.462 e. The molecule has 0 saturated carbocycles. The predicted molar refractivity (Wildman–Crippen MR) is 44.1 cm³/mol. The SMILES string of the molecule is CCOC(=O)/C(C#N)=C/NC(C)=O. The fraction of sp³-hybridized carbons (Fsp3) is 0.375. The van der Waals surface area contributed by atoms with E-state index >= 15 is 0 Å². The molecular weight excluding hydrogens is 172 g/mol. The molecule has 0 atom stereocenters. The minimum atomic E-state index is -0.737. The van der Waals surface area contributed by atoms with E-state index in [0.717, 1.165) is 6.20 Å². The van der Waals surface area contributed by atoms with E-state index in [1.165, 1.54) is 6.92 Å². The third-order valence-corrected chi connectivity index (χ3v) is 1.04. The number of nitrogens with zero attached hydrogens (tertiary/aromatic N) is 1. The van der Waals surface area contributed by atoms with Crippen molar-refractivity contribution in [1.82, 2.24) is 5.32 Å². The summed E-state index contributed by atoms with van der Waals surface area (Å²) in [7, 11) is 0. The van der Waals surface area contributed by atoms with E-state index in [1.54, 1.807) is 13.0 Å². The molecule has 5 nitrogen and oxygen atoms in total. The van der Waals surface area contributed by atoms with Crippen molar-refractivity contribution < 1.29 is 14.3 Å². The number of nitriles is 1. The van der Waals surface area contributed by atoms with Crippen molar-refractivity contribution in [2.75, 3.05) is 6.61 Å². The first-order valence-electron chi connectivity index (χ1n) is 3.66. The highest BCUT2D eigenvalue weighted by Gasteiger charge is 2.08. The molecule has 0 aliphatic carbocycles. The van der Waals surface area contributed by atoms with Crippen LogP contribution in [0.25, 0.3) is 0 Å². The van der Waals surface area contributed by atoms with Crippen LogP contribution in [0.2, 0.25) is 0 Å². The van der Waals surface area contributed by atoms with Crippen molar-refractivity contribution in [3.05, 3.63) is 11.8 Å². The van der Waals surface area contributed by atoms with Crippen molar-refractivity contribution in [2.24, 2.45) is 0 Å². The van der Waals surface area contributed by atoms with E-state index in [-0.39, 0.29) is 18.1 Å². The van der Waals surface area contributed by atoms with Gasteiger partial charge in [-0.1, -0.05) is 0 Å². The number of esters is 1. The van der Waals surface area contributed by atoms with Crippen LogP contribution < -0.4 is 5.32 Å². The number of ether oxygens (including phenoxy) is 1. The zero-order valence-electron chi connectivity index (χ0n) is 7.46. The maximum atomic E-state index is 10.9. The molecule has 0 aromatic heterocycles. The smallest absolute Gasteiger partial charge is 0.350 e. The summed E-state index contributed by atoms with van der Waals surface area (Å²) in [6.45, 7) is 3.10. The average molecular weight is 182 g/mol. The zero-order valence-corrected chi connectivity index (χ0v) is 7.46. The van der Waals surface area contributed by atoms with Gasteiger partial charge in [-0.25, -0.2) is 4.79 Å². The van der Waals surface area contributed by atoms with Crippen molar-refractivity contribution in [3.8, 4) is 6.07 Å². The van der Waals surface area contributed by atoms with Gasteiger partial charge in [-0.05, 0) is 6.92 Å². The number of hydrogen-bond acceptors (Lipinski definition) is 4. The summed E-state index contributed by atoms with van der Waals surface area (Å²) in [6.07, 6.45) is 1.03. The summed E-state index contributed by atoms with van der Waals surface area (Å²) in [6, 6.07) is 1.61. The number of amides is 1. The largest absolute Gasteiger partial charge is 0.462 e. The Morgan fingerprint density at radius 2 is 2.23 bits per heavy atom. The molecule has 0 rings (SSSR count). The third-order valence-electron chi connectivity index (χ3n) is 1.04. The molecule has 0 heterocycles. The molecule has 0 bridgehead atoms. The van der Waals surface area contributed by atoms with Crippen LogP contribution in [0, 0.1) is 11.3 Å². The Bertz CT molecular complexity index is 276. The second kappa shape index (κ2) is 5.77. The van der Waals surface area contributed by atoms with Crippen LogP contribution in [0.15, 0.2) is 11.8 Å². The molecule has 0 aliphatic heterocycles. The lowest BCUT2D eigenvalue weighted by molar-refractivity contribution is -0.138. The number of carbonyl (C=O) groups excluding carboxylic acids is 2. The van der Waals surface area contributed by atoms with Crippen LogP contribution >= 0.6 is 0 Å². The summed E-state index contributed by atoms with van der Waals surface area (Å²) in [5.74, 6) is -1.09. The molecule has 70 valence electrons. The highest BCUT2D eigenvalue weighted by atomic mass is 16.5. The fourth-order valence-electron chi connectivity index (χ4n) is 0.519. The number of carbonyl (C=O) groups is 2. The monoisotopic (exact) mass is 182 g/mol. The van der Waals surface area contributed by atoms with Gasteiger partial charge in [0.05, 0.1) is 6.61 Å². The first kappa shape index (κ1) is 11.2. The van der Waals surface area contributed by atoms with Gasteiger partial charge >= 0.3 is 5.97 Å². The third kappa shape index (κ3) is 4.58. The van der Waals surface area contributed by atoms with Gasteiger partial charge < -0.3 is 10.1 Å². The first-order valence-corrected chi connectivity index (χ1v) is 3.66. The summed E-state index contributed by atoms with van der Waals surface area (Å²) < 4.78 is 4.55. The van der Waals surface area contributed by atoms with Crippen molar-refractivity contribution in [3.63, 3.8) is 0 Å². The lowest BCUT2D eigenvalue weighted by atomic mass is 10.3. The number of hydrogen-bond donors (Lipinski definition) is 1. The molecule has 0 spiro atoms. The summed E-state index contributed by atoms with van der Waals surface area (Å²) in [4.78, 5) is 21.3. The fourth-order valence-corrected chi connectivity index (χ4v) is 0.519. The van der Waals surface area contributed by atoms with Crippen molar-refractivity contribution in [1.29, 1.82) is 5.26 Å². The predicted octanol–water partition coefficient (Wildman–Crippen LogP) is 0.0931. The molecule has 13 heavy (non-hydrogen) atoms. The van der Waals surface area contributed by atoms with Crippen LogP contribution in [0.5, 0.6) is 0 Å². The molecule has 5 heteroatoms. The van der Waals surface area contributed by atoms with Crippen LogP contribution in [0.3, 0.4) is 0 Å². The Balaban J connectivity index is 4.34. The Kier molecular flexibility index (Phi) is 4.96. The summed E-state index contributed by atoms with van der Waals surface area (Å²) in [5, 5.41) is 10.7. The van der Waals surface area contributed by atoms with Crippen LogP contribution in [-0.4, -0.2) is 18.5 Å². The average Bonchev–Trinajstić information content (AvgIpc) is 2.05. The molecule has 0 saturated heterocycles. The van der Waals surface area contributed by atoms with Gasteiger partial charge in [0.1, 0.15) is 6.07 Å². The Morgan fingerprint density at radius 1 is 1.62 bits per heavy atom. The minimum absolute atomic E-state index is 0.192. The van der Waals surface area contributed by atoms with Crippen molar-refractivity contribution in [2.45, 2.75) is 13.8 Å². The Hall–Kier alpha value is -1.83. The van der Waals surface area contributed by atoms with Gasteiger partial charge in [0.15, 0.2) is 5.57 Å². The topological polar surface area (TPSA) is 79.2 Å². The second-order valence-corrected chi connectivity index (χ2v) is 2.09. The van der Waals surface area contributed by atoms with Gasteiger partial charge in [-0.2, -0.15) is 5.26 Å². The van der Waals surface area contributed by atoms with Gasteiger partial charge in [0.2, 0.25) is 5.91 Å². The van der Waals surface area contributed by atoms with E-state index in [9.17, 15) is 9.59 Å². The maximum absolute atomic E-state index is 10.9. The standard InChI is InChI=1S/C8H10N2O3/c1-3-13-8(12)7(4-9)5-10-6(2)11/h5H,3H2,1-2H3,(H,10,11)/b7-5+. The van der Waals surface area contributed by atoms with Gasteiger partial charge in [-0.15, -0.1) is 0 Å². The molecule has 1 N–H and O–H groups in total. The molecule has 0 radical (unpaired) electrons. The lowest BCUT2D eigenvalue weighted by Gasteiger charge is -1.98. The van der Waals surface area contributed by atoms with Crippen molar-refractivity contribution >= 4 is 11.9 Å². The lowest BCUT2D eigenvalue weighted by Crippen LogP contribution is -2.16.